The Balaban J connectivity index is 0.00000289. The van der Waals surface area contributed by atoms with Gasteiger partial charge in [-0.15, -0.1) is 0 Å². The highest BCUT2D eigenvalue weighted by atomic mass is 79.9. The topological polar surface area (TPSA) is 60.6 Å². The van der Waals surface area contributed by atoms with Gasteiger partial charge in [0.2, 0.25) is 5.52 Å². The van der Waals surface area contributed by atoms with Gasteiger partial charge in [0.15, 0.2) is 18.5 Å². The third-order valence-corrected chi connectivity index (χ3v) is 8.55. The van der Waals surface area contributed by atoms with Crippen LogP contribution in [0, 0.1) is 22.7 Å². The van der Waals surface area contributed by atoms with E-state index in [1.54, 1.807) is 0 Å². The van der Waals surface area contributed by atoms with Crippen molar-refractivity contribution in [1.82, 2.24) is 14.5 Å². The van der Waals surface area contributed by atoms with Crippen LogP contribution < -0.4 is 27.3 Å². The van der Waals surface area contributed by atoms with Gasteiger partial charge < -0.3 is 22.7 Å². The Hall–Kier alpha value is -1.69. The number of nitrogens with zero attached hydrogens (tertiary/aromatic N) is 4. The Morgan fingerprint density at radius 1 is 1.31 bits per heavy atom. The maximum Gasteiger partial charge on any atom is 0.307 e. The fraction of sp³-hybridized carbons (Fsp3) is 0.654. The molecule has 2 aliphatic carbocycles. The van der Waals surface area contributed by atoms with E-state index in [0.29, 0.717) is 22.6 Å². The van der Waals surface area contributed by atoms with Gasteiger partial charge in [0.05, 0.1) is 13.6 Å². The van der Waals surface area contributed by atoms with Gasteiger partial charge in [-0.25, -0.2) is 4.57 Å². The van der Waals surface area contributed by atoms with Crippen LogP contribution in [0.2, 0.25) is 0 Å². The summed E-state index contributed by atoms with van der Waals surface area (Å²) in [4.78, 5) is 8.55. The molecule has 2 aliphatic rings. The molecule has 0 bridgehead atoms. The molecule has 0 saturated heterocycles. The minimum Gasteiger partial charge on any atom is -1.00 e. The summed E-state index contributed by atoms with van der Waals surface area (Å²) in [6.45, 7) is 15.2. The van der Waals surface area contributed by atoms with Gasteiger partial charge in [0.1, 0.15) is 0 Å². The average Bonchev–Trinajstić information content (AvgIpc) is 3.02. The van der Waals surface area contributed by atoms with Crippen molar-refractivity contribution in [2.24, 2.45) is 29.7 Å². The van der Waals surface area contributed by atoms with Crippen LogP contribution in [0.3, 0.4) is 0 Å². The second kappa shape index (κ2) is 9.28. The first-order valence-electron chi connectivity index (χ1n) is 11.9. The van der Waals surface area contributed by atoms with Crippen LogP contribution in [0.1, 0.15) is 72.6 Å². The summed E-state index contributed by atoms with van der Waals surface area (Å²) < 4.78 is 4.16. The highest BCUT2D eigenvalue weighted by Crippen LogP contribution is 2.61. The van der Waals surface area contributed by atoms with Crippen LogP contribution in [0.5, 0.6) is 0 Å². The fourth-order valence-electron chi connectivity index (χ4n) is 6.91. The number of aromatic nitrogens is 4. The zero-order valence-electron chi connectivity index (χ0n) is 20.5. The maximum absolute atomic E-state index is 6.13. The SMILES string of the molecule is C=C1CC[C@H]2C(C)(C)CCC[C@]2(C)[C@H]1CC/C(C)=C/Cn1c[n+](C)c2ncnc(N)c21.[Br-]. The Labute approximate surface area is 204 Å². The predicted molar refractivity (Wildman–Crippen MR) is 127 cm³/mol. The predicted octanol–water partition coefficient (Wildman–Crippen LogP) is 2.37. The van der Waals surface area contributed by atoms with Crippen molar-refractivity contribution in [3.63, 3.8) is 0 Å². The molecule has 4 rings (SSSR count). The van der Waals surface area contributed by atoms with Crippen molar-refractivity contribution in [1.29, 1.82) is 0 Å². The molecule has 0 spiro atoms. The molecule has 0 radical (unpaired) electrons. The Kier molecular flexibility index (Phi) is 7.23. The number of anilines is 1. The highest BCUT2D eigenvalue weighted by molar-refractivity contribution is 5.79. The molecule has 32 heavy (non-hydrogen) atoms. The molecule has 2 saturated carbocycles. The number of allylic oxidation sites excluding steroid dienone is 3. The molecule has 0 unspecified atom stereocenters. The number of halogens is 1. The lowest BCUT2D eigenvalue weighted by atomic mass is 9.47. The van der Waals surface area contributed by atoms with Gasteiger partial charge in [-0.2, -0.15) is 4.98 Å². The molecule has 2 N–H and O–H groups in total. The zero-order valence-corrected chi connectivity index (χ0v) is 22.1. The van der Waals surface area contributed by atoms with Gasteiger partial charge >= 0.3 is 5.65 Å². The van der Waals surface area contributed by atoms with Crippen LogP contribution in [-0.4, -0.2) is 14.5 Å². The van der Waals surface area contributed by atoms with Crippen molar-refractivity contribution < 1.29 is 21.5 Å². The van der Waals surface area contributed by atoms with Crippen LogP contribution in [0.4, 0.5) is 5.82 Å². The van der Waals surface area contributed by atoms with E-state index in [1.165, 1.54) is 56.0 Å². The smallest absolute Gasteiger partial charge is 0.307 e. The number of fused-ring (bicyclic) bond motifs is 2. The quantitative estimate of drug-likeness (QED) is 0.505. The molecule has 2 fully saturated rings. The molecule has 3 atom stereocenters. The van der Waals surface area contributed by atoms with Gasteiger partial charge in [0, 0.05) is 0 Å². The molecule has 5 nitrogen and oxygen atoms in total. The van der Waals surface area contributed by atoms with E-state index in [-0.39, 0.29) is 17.0 Å². The van der Waals surface area contributed by atoms with Gasteiger partial charge in [-0.05, 0) is 68.1 Å². The fourth-order valence-corrected chi connectivity index (χ4v) is 6.91. The number of nitrogen functional groups attached to an aromatic ring is 1. The summed E-state index contributed by atoms with van der Waals surface area (Å²) in [5, 5.41) is 0. The summed E-state index contributed by atoms with van der Waals surface area (Å²) in [5.41, 5.74) is 11.7. The summed E-state index contributed by atoms with van der Waals surface area (Å²) in [7, 11) is 2.00. The number of rotatable bonds is 5. The standard InChI is InChI=1S/C26H40N5.BrH/c1-18(12-15-31-17-30(6)24-22(31)23(27)28-16-29-24)8-10-20-19(2)9-11-21-25(3,4)13-7-14-26(20,21)5;/h12,16-17,20-21H,2,7-11,13-15H2,1,3-6H3,(H2,27,28,29);1H/q+1;/p-1/b18-12+;/t20-,21-,26+;/m0./s1. The largest absolute Gasteiger partial charge is 1.00 e. The van der Waals surface area contributed by atoms with Crippen molar-refractivity contribution in [2.45, 2.75) is 79.2 Å². The molecule has 2 aromatic heterocycles. The van der Waals surface area contributed by atoms with E-state index >= 15 is 0 Å². The molecule has 0 aromatic carbocycles. The molecule has 0 amide bonds. The normalized spacial score (nSPS) is 27.8. The number of hydrogen-bond donors (Lipinski definition) is 1. The van der Waals surface area contributed by atoms with E-state index in [4.69, 9.17) is 5.73 Å². The number of nitrogens with two attached hydrogens (primary N) is 1. The van der Waals surface area contributed by atoms with Crippen LogP contribution in [0.25, 0.3) is 11.2 Å². The lowest BCUT2D eigenvalue weighted by molar-refractivity contribution is -0.647. The van der Waals surface area contributed by atoms with Crippen molar-refractivity contribution in [3.05, 3.63) is 36.5 Å². The van der Waals surface area contributed by atoms with Crippen molar-refractivity contribution in [2.75, 3.05) is 5.73 Å². The van der Waals surface area contributed by atoms with E-state index in [9.17, 15) is 0 Å². The third kappa shape index (κ3) is 4.40. The summed E-state index contributed by atoms with van der Waals surface area (Å²) in [6, 6.07) is 0. The molecular formula is C26H40BrN5. The van der Waals surface area contributed by atoms with E-state index < -0.39 is 0 Å². The first kappa shape index (κ1) is 24.9. The monoisotopic (exact) mass is 501 g/mol. The molecule has 176 valence electrons. The third-order valence-electron chi connectivity index (χ3n) is 8.55. The van der Waals surface area contributed by atoms with Crippen LogP contribution >= 0.6 is 0 Å². The molecule has 0 aliphatic heterocycles. The Morgan fingerprint density at radius 3 is 2.81 bits per heavy atom. The minimum atomic E-state index is 0. The van der Waals surface area contributed by atoms with Crippen LogP contribution in [-0.2, 0) is 13.6 Å². The minimum absolute atomic E-state index is 0. The number of imidazole rings is 1. The van der Waals surface area contributed by atoms with E-state index in [2.05, 4.69) is 61.2 Å². The lowest BCUT2D eigenvalue weighted by Crippen LogP contribution is -3.00. The van der Waals surface area contributed by atoms with Gasteiger partial charge in [-0.3, -0.25) is 4.57 Å². The van der Waals surface area contributed by atoms with E-state index in [0.717, 1.165) is 30.0 Å². The Morgan fingerprint density at radius 2 is 2.06 bits per heavy atom. The van der Waals surface area contributed by atoms with E-state index in [1.807, 2.05) is 11.6 Å². The van der Waals surface area contributed by atoms with Gasteiger partial charge in [-0.1, -0.05) is 56.0 Å². The zero-order chi connectivity index (χ0) is 22.4. The Bertz CT molecular complexity index is 1020. The van der Waals surface area contributed by atoms with Gasteiger partial charge in [0.25, 0.3) is 0 Å². The second-order valence-electron chi connectivity index (χ2n) is 11.0. The molecule has 2 heterocycles. The molecule has 6 heteroatoms. The molecular weight excluding hydrogens is 462 g/mol. The summed E-state index contributed by atoms with van der Waals surface area (Å²) >= 11 is 0. The number of hydrogen-bond acceptors (Lipinski definition) is 3. The van der Waals surface area contributed by atoms with Crippen molar-refractivity contribution >= 4 is 17.0 Å². The highest BCUT2D eigenvalue weighted by Gasteiger charge is 2.52. The van der Waals surface area contributed by atoms with Crippen LogP contribution in [0.15, 0.2) is 36.5 Å². The molecule has 2 aromatic rings. The lowest BCUT2D eigenvalue weighted by Gasteiger charge is -2.58. The summed E-state index contributed by atoms with van der Waals surface area (Å²) in [6.07, 6.45) is 14.9. The number of aryl methyl sites for hydroxylation is 1. The second-order valence-corrected chi connectivity index (χ2v) is 11.0. The maximum atomic E-state index is 6.13. The van der Waals surface area contributed by atoms with Crippen molar-refractivity contribution in [3.8, 4) is 0 Å². The first-order valence-corrected chi connectivity index (χ1v) is 11.9. The first-order chi connectivity index (χ1) is 14.6. The summed E-state index contributed by atoms with van der Waals surface area (Å²) in [5.74, 6) is 2.00. The average molecular weight is 503 g/mol.